The Morgan fingerprint density at radius 3 is 2.77 bits per heavy atom. The van der Waals surface area contributed by atoms with Crippen LogP contribution >= 0.6 is 11.8 Å². The first-order valence-electron chi connectivity index (χ1n) is 6.98. The Morgan fingerprint density at radius 2 is 2.09 bits per heavy atom. The molecule has 2 aromatic rings. The van der Waals surface area contributed by atoms with Crippen LogP contribution < -0.4 is 10.1 Å². The lowest BCUT2D eigenvalue weighted by atomic mass is 10.2. The third kappa shape index (κ3) is 3.79. The molecule has 0 radical (unpaired) electrons. The molecule has 1 amide bonds. The second kappa shape index (κ2) is 7.31. The summed E-state index contributed by atoms with van der Waals surface area (Å²) in [5.41, 5.74) is 0.874. The molecule has 1 heterocycles. The zero-order valence-electron chi connectivity index (χ0n) is 13.2. The monoisotopic (exact) mass is 320 g/mol. The fourth-order valence-corrected chi connectivity index (χ4v) is 2.72. The van der Waals surface area contributed by atoms with Gasteiger partial charge in [0, 0.05) is 13.1 Å². The number of ether oxygens (including phenoxy) is 1. The van der Waals surface area contributed by atoms with E-state index in [0.29, 0.717) is 16.7 Å². The molecule has 118 valence electrons. The number of thioether (sulfide) groups is 1. The molecule has 7 heteroatoms. The van der Waals surface area contributed by atoms with Crippen molar-refractivity contribution in [3.05, 3.63) is 24.3 Å². The Balaban J connectivity index is 2.14. The van der Waals surface area contributed by atoms with E-state index in [1.165, 1.54) is 11.8 Å². The molecule has 0 aliphatic heterocycles. The van der Waals surface area contributed by atoms with Gasteiger partial charge in [0.1, 0.15) is 5.75 Å². The molecular formula is C15H20N4O2S. The van der Waals surface area contributed by atoms with Crippen LogP contribution in [0.5, 0.6) is 5.75 Å². The topological polar surface area (TPSA) is 69.0 Å². The summed E-state index contributed by atoms with van der Waals surface area (Å²) in [4.78, 5) is 11.7. The molecule has 0 saturated heterocycles. The van der Waals surface area contributed by atoms with Crippen LogP contribution in [0.25, 0.3) is 11.4 Å². The van der Waals surface area contributed by atoms with Crippen molar-refractivity contribution in [3.8, 4) is 17.1 Å². The molecule has 1 aromatic carbocycles. The van der Waals surface area contributed by atoms with Crippen LogP contribution in [-0.4, -0.2) is 39.6 Å². The van der Waals surface area contributed by atoms with Crippen molar-refractivity contribution in [2.75, 3.05) is 12.9 Å². The van der Waals surface area contributed by atoms with Gasteiger partial charge in [0.05, 0.1) is 18.4 Å². The summed E-state index contributed by atoms with van der Waals surface area (Å²) in [5.74, 6) is 1.76. The minimum absolute atomic E-state index is 0.0122. The van der Waals surface area contributed by atoms with E-state index < -0.39 is 0 Å². The number of aromatic nitrogens is 3. The van der Waals surface area contributed by atoms with Gasteiger partial charge < -0.3 is 14.6 Å². The molecule has 0 atom stereocenters. The normalized spacial score (nSPS) is 10.8. The Labute approximate surface area is 134 Å². The summed E-state index contributed by atoms with van der Waals surface area (Å²) in [6, 6.07) is 7.78. The van der Waals surface area contributed by atoms with Gasteiger partial charge in [0.2, 0.25) is 5.91 Å². The maximum Gasteiger partial charge on any atom is 0.230 e. The maximum atomic E-state index is 11.7. The number of nitrogens with zero attached hydrogens (tertiary/aromatic N) is 3. The van der Waals surface area contributed by atoms with Crippen molar-refractivity contribution in [3.63, 3.8) is 0 Å². The van der Waals surface area contributed by atoms with Crippen molar-refractivity contribution in [1.29, 1.82) is 0 Å². The van der Waals surface area contributed by atoms with Crippen LogP contribution in [0.4, 0.5) is 0 Å². The van der Waals surface area contributed by atoms with Crippen LogP contribution in [0.2, 0.25) is 0 Å². The SMILES string of the molecule is COc1ccccc1-c1nnc(SCC(=O)NC(C)C)n1C. The van der Waals surface area contributed by atoms with Gasteiger partial charge in [-0.3, -0.25) is 4.79 Å². The first kappa shape index (κ1) is 16.4. The van der Waals surface area contributed by atoms with E-state index >= 15 is 0 Å². The Kier molecular flexibility index (Phi) is 5.43. The highest BCUT2D eigenvalue weighted by Gasteiger charge is 2.15. The molecule has 0 spiro atoms. The summed E-state index contributed by atoms with van der Waals surface area (Å²) in [6.45, 7) is 3.87. The summed E-state index contributed by atoms with van der Waals surface area (Å²) in [5, 5.41) is 11.9. The number of para-hydroxylation sites is 1. The van der Waals surface area contributed by atoms with E-state index in [1.54, 1.807) is 7.11 Å². The molecule has 1 N–H and O–H groups in total. The number of rotatable bonds is 6. The van der Waals surface area contributed by atoms with Crippen molar-refractivity contribution in [2.45, 2.75) is 25.0 Å². The first-order chi connectivity index (χ1) is 10.5. The molecular weight excluding hydrogens is 300 g/mol. The van der Waals surface area contributed by atoms with Gasteiger partial charge in [-0.15, -0.1) is 10.2 Å². The van der Waals surface area contributed by atoms with Gasteiger partial charge in [0.25, 0.3) is 0 Å². The lowest BCUT2D eigenvalue weighted by Crippen LogP contribution is -2.31. The van der Waals surface area contributed by atoms with E-state index in [9.17, 15) is 4.79 Å². The summed E-state index contributed by atoms with van der Waals surface area (Å²) in [6.07, 6.45) is 0. The van der Waals surface area contributed by atoms with Crippen LogP contribution in [0.15, 0.2) is 29.4 Å². The molecule has 0 saturated carbocycles. The molecule has 0 fully saturated rings. The number of hydrogen-bond acceptors (Lipinski definition) is 5. The van der Waals surface area contributed by atoms with E-state index in [2.05, 4.69) is 15.5 Å². The summed E-state index contributed by atoms with van der Waals surface area (Å²) in [7, 11) is 3.51. The lowest BCUT2D eigenvalue weighted by Gasteiger charge is -2.09. The number of carbonyl (C=O) groups excluding carboxylic acids is 1. The highest BCUT2D eigenvalue weighted by atomic mass is 32.2. The summed E-state index contributed by atoms with van der Waals surface area (Å²) < 4.78 is 7.22. The predicted octanol–water partition coefficient (Wildman–Crippen LogP) is 2.11. The highest BCUT2D eigenvalue weighted by molar-refractivity contribution is 7.99. The lowest BCUT2D eigenvalue weighted by molar-refractivity contribution is -0.119. The Morgan fingerprint density at radius 1 is 1.36 bits per heavy atom. The second-order valence-corrected chi connectivity index (χ2v) is 6.02. The molecule has 0 bridgehead atoms. The second-order valence-electron chi connectivity index (χ2n) is 5.08. The number of nitrogens with one attached hydrogen (secondary N) is 1. The molecule has 22 heavy (non-hydrogen) atoms. The van der Waals surface area contributed by atoms with E-state index in [-0.39, 0.29) is 11.9 Å². The highest BCUT2D eigenvalue weighted by Crippen LogP contribution is 2.29. The van der Waals surface area contributed by atoms with Crippen LogP contribution in [0.1, 0.15) is 13.8 Å². The number of carbonyl (C=O) groups is 1. The third-order valence-electron chi connectivity index (χ3n) is 2.96. The predicted molar refractivity (Wildman–Crippen MR) is 87.0 cm³/mol. The fourth-order valence-electron chi connectivity index (χ4n) is 2.00. The minimum Gasteiger partial charge on any atom is -0.496 e. The van der Waals surface area contributed by atoms with Gasteiger partial charge in [-0.05, 0) is 26.0 Å². The minimum atomic E-state index is -0.0122. The van der Waals surface area contributed by atoms with Crippen molar-refractivity contribution in [2.24, 2.45) is 7.05 Å². The van der Waals surface area contributed by atoms with Gasteiger partial charge in [-0.1, -0.05) is 23.9 Å². The zero-order valence-corrected chi connectivity index (χ0v) is 14.0. The first-order valence-corrected chi connectivity index (χ1v) is 7.96. The van der Waals surface area contributed by atoms with Crippen LogP contribution in [0, 0.1) is 0 Å². The van der Waals surface area contributed by atoms with E-state index in [4.69, 9.17) is 4.74 Å². The summed E-state index contributed by atoms with van der Waals surface area (Å²) >= 11 is 1.36. The third-order valence-corrected chi connectivity index (χ3v) is 3.99. The van der Waals surface area contributed by atoms with E-state index in [1.807, 2.05) is 49.7 Å². The van der Waals surface area contributed by atoms with Gasteiger partial charge in [-0.25, -0.2) is 0 Å². The van der Waals surface area contributed by atoms with Crippen LogP contribution in [-0.2, 0) is 11.8 Å². The smallest absolute Gasteiger partial charge is 0.230 e. The van der Waals surface area contributed by atoms with Gasteiger partial charge >= 0.3 is 0 Å². The Hall–Kier alpha value is -2.02. The van der Waals surface area contributed by atoms with Crippen molar-refractivity contribution < 1.29 is 9.53 Å². The zero-order chi connectivity index (χ0) is 16.1. The largest absolute Gasteiger partial charge is 0.496 e. The average Bonchev–Trinajstić information content (AvgIpc) is 2.85. The number of methoxy groups -OCH3 is 1. The maximum absolute atomic E-state index is 11.7. The van der Waals surface area contributed by atoms with Gasteiger partial charge in [-0.2, -0.15) is 0 Å². The Bertz CT molecular complexity index is 655. The molecule has 2 rings (SSSR count). The number of benzene rings is 1. The fraction of sp³-hybridized carbons (Fsp3) is 0.400. The number of amides is 1. The van der Waals surface area contributed by atoms with Gasteiger partial charge in [0.15, 0.2) is 11.0 Å². The van der Waals surface area contributed by atoms with E-state index in [0.717, 1.165) is 11.3 Å². The van der Waals surface area contributed by atoms with Crippen molar-refractivity contribution in [1.82, 2.24) is 20.1 Å². The molecule has 0 unspecified atom stereocenters. The molecule has 6 nitrogen and oxygen atoms in total. The van der Waals surface area contributed by atoms with Crippen LogP contribution in [0.3, 0.4) is 0 Å². The number of hydrogen-bond donors (Lipinski definition) is 1. The average molecular weight is 320 g/mol. The standard InChI is InChI=1S/C15H20N4O2S/c1-10(2)16-13(20)9-22-15-18-17-14(19(15)3)11-7-5-6-8-12(11)21-4/h5-8,10H,9H2,1-4H3,(H,16,20). The molecule has 0 aliphatic carbocycles. The molecule has 1 aromatic heterocycles. The van der Waals surface area contributed by atoms with Crippen molar-refractivity contribution >= 4 is 17.7 Å². The quantitative estimate of drug-likeness (QED) is 0.826. The molecule has 0 aliphatic rings.